The molecule has 7 heteroatoms. The van der Waals surface area contributed by atoms with Gasteiger partial charge in [-0.15, -0.1) is 10.2 Å². The van der Waals surface area contributed by atoms with Crippen molar-refractivity contribution in [2.45, 2.75) is 43.4 Å². The minimum Gasteiger partial charge on any atom is -0.481 e. The van der Waals surface area contributed by atoms with Crippen molar-refractivity contribution in [3.8, 4) is 0 Å². The van der Waals surface area contributed by atoms with Crippen LogP contribution in [0.15, 0.2) is 11.5 Å². The largest absolute Gasteiger partial charge is 0.481 e. The zero-order chi connectivity index (χ0) is 13.7. The lowest BCUT2D eigenvalue weighted by Crippen LogP contribution is -2.32. The monoisotopic (exact) mass is 284 g/mol. The number of hydrogen-bond acceptors (Lipinski definition) is 5. The van der Waals surface area contributed by atoms with E-state index in [9.17, 15) is 4.79 Å². The summed E-state index contributed by atoms with van der Waals surface area (Å²) < 4.78 is 1.93. The summed E-state index contributed by atoms with van der Waals surface area (Å²) in [4.78, 5) is 12.9. The molecule has 0 atom stereocenters. The Kier molecular flexibility index (Phi) is 5.21. The molecule has 0 aromatic carbocycles. The molecule has 1 saturated carbocycles. The maximum absolute atomic E-state index is 10.6. The summed E-state index contributed by atoms with van der Waals surface area (Å²) in [5, 5.41) is 17.2. The van der Waals surface area contributed by atoms with Crippen LogP contribution in [0.2, 0.25) is 0 Å². The highest BCUT2D eigenvalue weighted by Gasteiger charge is 2.19. The van der Waals surface area contributed by atoms with Gasteiger partial charge in [-0.25, -0.2) is 0 Å². The number of hydrogen-bond donors (Lipinski definition) is 1. The number of thioether (sulfide) groups is 1. The van der Waals surface area contributed by atoms with Crippen LogP contribution in [0.25, 0.3) is 0 Å². The fourth-order valence-electron chi connectivity index (χ4n) is 2.43. The maximum Gasteiger partial charge on any atom is 0.313 e. The van der Waals surface area contributed by atoms with E-state index in [0.717, 1.165) is 13.1 Å². The molecule has 0 unspecified atom stereocenters. The second-order valence-corrected chi connectivity index (χ2v) is 5.85. The average Bonchev–Trinajstić information content (AvgIpc) is 3.04. The summed E-state index contributed by atoms with van der Waals surface area (Å²) in [5.41, 5.74) is 0. The molecule has 0 bridgehead atoms. The van der Waals surface area contributed by atoms with E-state index in [-0.39, 0.29) is 5.75 Å². The van der Waals surface area contributed by atoms with Gasteiger partial charge in [-0.3, -0.25) is 4.79 Å². The topological polar surface area (TPSA) is 71.2 Å². The maximum atomic E-state index is 10.6. The van der Waals surface area contributed by atoms with Crippen LogP contribution in [0.3, 0.4) is 0 Å². The molecule has 1 aliphatic rings. The fraction of sp³-hybridized carbons (Fsp3) is 0.750. The molecule has 2 rings (SSSR count). The Hall–Kier alpha value is -1.08. The van der Waals surface area contributed by atoms with Crippen LogP contribution in [0.1, 0.15) is 25.7 Å². The summed E-state index contributed by atoms with van der Waals surface area (Å²) in [7, 11) is 2.16. The Bertz CT molecular complexity index is 418. The molecule has 0 saturated heterocycles. The van der Waals surface area contributed by atoms with Crippen LogP contribution in [0, 0.1) is 0 Å². The number of carbonyl (C=O) groups is 1. The van der Waals surface area contributed by atoms with Crippen molar-refractivity contribution in [3.05, 3.63) is 6.33 Å². The van der Waals surface area contributed by atoms with E-state index in [2.05, 4.69) is 22.1 Å². The van der Waals surface area contributed by atoms with E-state index < -0.39 is 5.97 Å². The number of likely N-dealkylation sites (N-methyl/N-ethyl adjacent to an activating group) is 1. The Morgan fingerprint density at radius 3 is 3.00 bits per heavy atom. The van der Waals surface area contributed by atoms with Gasteiger partial charge in [-0.2, -0.15) is 0 Å². The minimum atomic E-state index is -0.831. The molecule has 1 heterocycles. The molecule has 0 aliphatic heterocycles. The summed E-state index contributed by atoms with van der Waals surface area (Å²) in [5.74, 6) is -0.806. The molecule has 106 valence electrons. The SMILES string of the molecule is CN(CCn1cnnc1SCC(=O)O)C1CCCC1. The first-order valence-electron chi connectivity index (χ1n) is 6.59. The van der Waals surface area contributed by atoms with Gasteiger partial charge in [-0.05, 0) is 19.9 Å². The van der Waals surface area contributed by atoms with Crippen LogP contribution in [-0.4, -0.2) is 56.1 Å². The molecule has 1 aliphatic carbocycles. The fourth-order valence-corrected chi connectivity index (χ4v) is 3.09. The van der Waals surface area contributed by atoms with Gasteiger partial charge >= 0.3 is 5.97 Å². The number of carboxylic acids is 1. The first kappa shape index (κ1) is 14.3. The van der Waals surface area contributed by atoms with E-state index in [1.165, 1.54) is 37.4 Å². The first-order chi connectivity index (χ1) is 9.16. The van der Waals surface area contributed by atoms with Crippen molar-refractivity contribution in [2.75, 3.05) is 19.3 Å². The molecule has 6 nitrogen and oxygen atoms in total. The van der Waals surface area contributed by atoms with Crippen molar-refractivity contribution in [1.29, 1.82) is 0 Å². The number of aliphatic carboxylic acids is 1. The van der Waals surface area contributed by atoms with Crippen LogP contribution in [-0.2, 0) is 11.3 Å². The Morgan fingerprint density at radius 2 is 2.32 bits per heavy atom. The number of rotatable bonds is 7. The predicted octanol–water partition coefficient (Wildman–Crippen LogP) is 1.33. The normalized spacial score (nSPS) is 16.3. The predicted molar refractivity (Wildman–Crippen MR) is 73.3 cm³/mol. The number of aromatic nitrogens is 3. The lowest BCUT2D eigenvalue weighted by Gasteiger charge is -2.24. The van der Waals surface area contributed by atoms with E-state index in [1.54, 1.807) is 6.33 Å². The molecule has 19 heavy (non-hydrogen) atoms. The first-order valence-corrected chi connectivity index (χ1v) is 7.58. The highest BCUT2D eigenvalue weighted by Crippen LogP contribution is 2.22. The zero-order valence-electron chi connectivity index (χ0n) is 11.2. The van der Waals surface area contributed by atoms with Crippen LogP contribution >= 0.6 is 11.8 Å². The van der Waals surface area contributed by atoms with E-state index >= 15 is 0 Å². The van der Waals surface area contributed by atoms with E-state index in [1.807, 2.05) is 4.57 Å². The van der Waals surface area contributed by atoms with Gasteiger partial charge in [-0.1, -0.05) is 24.6 Å². The van der Waals surface area contributed by atoms with Crippen molar-refractivity contribution >= 4 is 17.7 Å². The molecule has 1 aromatic heterocycles. The van der Waals surface area contributed by atoms with Gasteiger partial charge in [0.1, 0.15) is 6.33 Å². The zero-order valence-corrected chi connectivity index (χ0v) is 12.0. The quantitative estimate of drug-likeness (QED) is 0.762. The van der Waals surface area contributed by atoms with Gasteiger partial charge < -0.3 is 14.6 Å². The third kappa shape index (κ3) is 4.21. The van der Waals surface area contributed by atoms with Gasteiger partial charge in [0.15, 0.2) is 5.16 Å². The number of nitrogens with zero attached hydrogens (tertiary/aromatic N) is 4. The summed E-state index contributed by atoms with van der Waals surface area (Å²) >= 11 is 1.22. The van der Waals surface area contributed by atoms with Gasteiger partial charge in [0, 0.05) is 19.1 Å². The second-order valence-electron chi connectivity index (χ2n) is 4.91. The minimum absolute atomic E-state index is 0.0250. The van der Waals surface area contributed by atoms with E-state index in [4.69, 9.17) is 5.11 Å². The van der Waals surface area contributed by atoms with Gasteiger partial charge in [0.05, 0.1) is 5.75 Å². The van der Waals surface area contributed by atoms with Crippen LogP contribution < -0.4 is 0 Å². The molecule has 0 radical (unpaired) electrons. The third-order valence-electron chi connectivity index (χ3n) is 3.55. The van der Waals surface area contributed by atoms with Gasteiger partial charge in [0.25, 0.3) is 0 Å². The van der Waals surface area contributed by atoms with Crippen molar-refractivity contribution in [2.24, 2.45) is 0 Å². The Labute approximate surface area is 117 Å². The summed E-state index contributed by atoms with van der Waals surface area (Å²) in [6.45, 7) is 1.76. The average molecular weight is 284 g/mol. The second kappa shape index (κ2) is 6.91. The molecular weight excluding hydrogens is 264 g/mol. The number of carboxylic acid groups (broad SMARTS) is 1. The van der Waals surface area contributed by atoms with Crippen molar-refractivity contribution in [1.82, 2.24) is 19.7 Å². The molecule has 0 spiro atoms. The lowest BCUT2D eigenvalue weighted by molar-refractivity contribution is -0.133. The van der Waals surface area contributed by atoms with Crippen LogP contribution in [0.5, 0.6) is 0 Å². The van der Waals surface area contributed by atoms with Crippen LogP contribution in [0.4, 0.5) is 0 Å². The molecule has 1 aromatic rings. The Balaban J connectivity index is 1.81. The summed E-state index contributed by atoms with van der Waals surface area (Å²) in [6.07, 6.45) is 6.92. The molecular formula is C12H20N4O2S. The van der Waals surface area contributed by atoms with Crippen molar-refractivity contribution < 1.29 is 9.90 Å². The van der Waals surface area contributed by atoms with E-state index in [0.29, 0.717) is 11.2 Å². The lowest BCUT2D eigenvalue weighted by atomic mass is 10.2. The smallest absolute Gasteiger partial charge is 0.313 e. The molecule has 0 amide bonds. The van der Waals surface area contributed by atoms with Crippen molar-refractivity contribution in [3.63, 3.8) is 0 Å². The molecule has 1 N–H and O–H groups in total. The highest BCUT2D eigenvalue weighted by molar-refractivity contribution is 7.99. The Morgan fingerprint density at radius 1 is 1.58 bits per heavy atom. The third-order valence-corrected chi connectivity index (χ3v) is 4.51. The standard InChI is InChI=1S/C12H20N4O2S/c1-15(10-4-2-3-5-10)6-7-16-9-13-14-12(16)19-8-11(17)18/h9-10H,2-8H2,1H3,(H,17,18). The highest BCUT2D eigenvalue weighted by atomic mass is 32.2. The summed E-state index contributed by atoms with van der Waals surface area (Å²) in [6, 6.07) is 0.701. The molecule has 1 fully saturated rings. The van der Waals surface area contributed by atoms with Gasteiger partial charge in [0.2, 0.25) is 0 Å².